The van der Waals surface area contributed by atoms with Crippen molar-refractivity contribution in [3.8, 4) is 0 Å². The van der Waals surface area contributed by atoms with Gasteiger partial charge in [-0.2, -0.15) is 4.98 Å². The van der Waals surface area contributed by atoms with Crippen molar-refractivity contribution in [2.75, 3.05) is 11.9 Å². The highest BCUT2D eigenvalue weighted by atomic mass is 28.4. The van der Waals surface area contributed by atoms with Gasteiger partial charge in [-0.1, -0.05) is 51.1 Å². The van der Waals surface area contributed by atoms with Gasteiger partial charge in [0, 0.05) is 18.4 Å². The van der Waals surface area contributed by atoms with Gasteiger partial charge in [0.1, 0.15) is 5.82 Å². The first kappa shape index (κ1) is 23.2. The third kappa shape index (κ3) is 5.80. The molecule has 0 aliphatic heterocycles. The molecule has 31 heavy (non-hydrogen) atoms. The normalized spacial score (nSPS) is 19.3. The molecule has 1 aliphatic carbocycles. The number of hydrogen-bond donors (Lipinski definition) is 1. The van der Waals surface area contributed by atoms with E-state index in [-0.39, 0.29) is 28.5 Å². The van der Waals surface area contributed by atoms with Crippen LogP contribution in [0.2, 0.25) is 18.1 Å². The molecule has 1 aromatic carbocycles. The number of amides is 1. The second-order valence-corrected chi connectivity index (χ2v) is 14.5. The molecular weight excluding hydrogens is 406 g/mol. The van der Waals surface area contributed by atoms with Gasteiger partial charge in [-0.3, -0.25) is 9.36 Å². The molecule has 166 valence electrons. The Morgan fingerprint density at radius 3 is 2.58 bits per heavy atom. The second kappa shape index (κ2) is 9.32. The van der Waals surface area contributed by atoms with E-state index in [2.05, 4.69) is 56.3 Å². The number of rotatable bonds is 6. The topological polar surface area (TPSA) is 73.2 Å². The van der Waals surface area contributed by atoms with Crippen LogP contribution < -0.4 is 11.0 Å². The molecule has 0 saturated heterocycles. The van der Waals surface area contributed by atoms with Crippen molar-refractivity contribution in [2.45, 2.75) is 57.8 Å². The first-order valence-corrected chi connectivity index (χ1v) is 13.7. The van der Waals surface area contributed by atoms with Gasteiger partial charge < -0.3 is 9.74 Å². The molecule has 2 aromatic rings. The molecule has 1 aliphatic rings. The Kier molecular flexibility index (Phi) is 6.96. The van der Waals surface area contributed by atoms with Gasteiger partial charge in [0.05, 0.1) is 6.04 Å². The molecule has 3 rings (SSSR count). The predicted molar refractivity (Wildman–Crippen MR) is 127 cm³/mol. The van der Waals surface area contributed by atoms with E-state index >= 15 is 0 Å². The smallest absolute Gasteiger partial charge is 0.350 e. The molecule has 6 nitrogen and oxygen atoms in total. The molecule has 0 fully saturated rings. The number of nitrogens with zero attached hydrogens (tertiary/aromatic N) is 2. The Labute approximate surface area is 185 Å². The molecule has 0 unspecified atom stereocenters. The SMILES string of the molecule is CC(C)(C)[Si](C)(C)OC[C@@H]1CC=C[C@H](n2ccc(NC(=O)c3ccccc3)nc2=O)C1. The minimum Gasteiger partial charge on any atom is -0.417 e. The predicted octanol–water partition coefficient (Wildman–Crippen LogP) is 5.02. The van der Waals surface area contributed by atoms with E-state index in [1.807, 2.05) is 6.07 Å². The Hall–Kier alpha value is -2.51. The molecule has 0 radical (unpaired) electrons. The summed E-state index contributed by atoms with van der Waals surface area (Å²) in [5.41, 5.74) is 0.153. The van der Waals surface area contributed by atoms with Crippen molar-refractivity contribution in [2.24, 2.45) is 5.92 Å². The molecule has 2 atom stereocenters. The first-order chi connectivity index (χ1) is 14.6. The van der Waals surface area contributed by atoms with Crippen LogP contribution >= 0.6 is 0 Å². The van der Waals surface area contributed by atoms with Crippen LogP contribution in [0.25, 0.3) is 0 Å². The lowest BCUT2D eigenvalue weighted by Crippen LogP contribution is -2.42. The molecular formula is C24H33N3O3Si. The van der Waals surface area contributed by atoms with Crippen LogP contribution in [-0.2, 0) is 4.43 Å². The highest BCUT2D eigenvalue weighted by molar-refractivity contribution is 6.74. The average Bonchev–Trinajstić information content (AvgIpc) is 2.72. The number of carbonyl (C=O) groups excluding carboxylic acids is 1. The zero-order valence-corrected chi connectivity index (χ0v) is 20.1. The zero-order valence-electron chi connectivity index (χ0n) is 19.1. The van der Waals surface area contributed by atoms with Crippen molar-refractivity contribution in [3.05, 3.63) is 70.8 Å². The molecule has 7 heteroatoms. The van der Waals surface area contributed by atoms with Gasteiger partial charge >= 0.3 is 5.69 Å². The van der Waals surface area contributed by atoms with Crippen molar-refractivity contribution in [1.82, 2.24) is 9.55 Å². The standard InChI is InChI=1S/C24H33N3O3Si/c1-24(2,3)31(4,5)30-17-18-10-9-13-20(16-18)27-15-14-21(26-23(27)29)25-22(28)19-11-7-6-8-12-19/h6-9,11-15,18,20H,10,16-17H2,1-5H3,(H,25,26,28,29)/t18-,20+/m1/s1. The van der Waals surface area contributed by atoms with Crippen molar-refractivity contribution < 1.29 is 9.22 Å². The summed E-state index contributed by atoms with van der Waals surface area (Å²) in [6, 6.07) is 10.5. The fourth-order valence-electron chi connectivity index (χ4n) is 3.34. The Morgan fingerprint density at radius 1 is 1.23 bits per heavy atom. The van der Waals surface area contributed by atoms with Crippen molar-refractivity contribution in [3.63, 3.8) is 0 Å². The summed E-state index contributed by atoms with van der Waals surface area (Å²) in [5.74, 6) is 0.340. The minimum atomic E-state index is -1.80. The Morgan fingerprint density at radius 2 is 1.94 bits per heavy atom. The van der Waals surface area contributed by atoms with E-state index in [9.17, 15) is 9.59 Å². The van der Waals surface area contributed by atoms with E-state index < -0.39 is 8.32 Å². The van der Waals surface area contributed by atoms with E-state index in [0.29, 0.717) is 18.1 Å². The fourth-order valence-corrected chi connectivity index (χ4v) is 4.43. The summed E-state index contributed by atoms with van der Waals surface area (Å²) >= 11 is 0. The van der Waals surface area contributed by atoms with Gasteiger partial charge in [0.2, 0.25) is 0 Å². The summed E-state index contributed by atoms with van der Waals surface area (Å²) in [4.78, 5) is 29.0. The quantitative estimate of drug-likeness (QED) is 0.506. The maximum Gasteiger partial charge on any atom is 0.350 e. The number of nitrogens with one attached hydrogen (secondary N) is 1. The summed E-state index contributed by atoms with van der Waals surface area (Å²) in [7, 11) is -1.80. The maximum atomic E-state index is 12.7. The third-order valence-corrected chi connectivity index (χ3v) is 10.9. The van der Waals surface area contributed by atoms with Gasteiger partial charge in [-0.05, 0) is 55.1 Å². The number of carbonyl (C=O) groups is 1. The number of allylic oxidation sites excluding steroid dienone is 2. The van der Waals surface area contributed by atoms with Crippen LogP contribution in [0.1, 0.15) is 50.0 Å². The maximum absolute atomic E-state index is 12.7. The van der Waals surface area contributed by atoms with Crippen molar-refractivity contribution in [1.29, 1.82) is 0 Å². The first-order valence-electron chi connectivity index (χ1n) is 10.8. The molecule has 1 amide bonds. The summed E-state index contributed by atoms with van der Waals surface area (Å²) in [6.07, 6.45) is 7.70. The molecule has 0 spiro atoms. The van der Waals surface area contributed by atoms with Crippen LogP contribution in [0.4, 0.5) is 5.82 Å². The van der Waals surface area contributed by atoms with Gasteiger partial charge in [0.15, 0.2) is 8.32 Å². The lowest BCUT2D eigenvalue weighted by molar-refractivity contribution is 0.102. The van der Waals surface area contributed by atoms with E-state index in [1.165, 1.54) is 0 Å². The fraction of sp³-hybridized carbons (Fsp3) is 0.458. The summed E-state index contributed by atoms with van der Waals surface area (Å²) < 4.78 is 8.04. The zero-order chi connectivity index (χ0) is 22.6. The minimum absolute atomic E-state index is 0.0550. The largest absolute Gasteiger partial charge is 0.417 e. The van der Waals surface area contributed by atoms with Gasteiger partial charge in [-0.15, -0.1) is 0 Å². The number of anilines is 1. The van der Waals surface area contributed by atoms with Gasteiger partial charge in [-0.25, -0.2) is 4.79 Å². The van der Waals surface area contributed by atoms with Crippen LogP contribution in [0.5, 0.6) is 0 Å². The highest BCUT2D eigenvalue weighted by Crippen LogP contribution is 2.37. The summed E-state index contributed by atoms with van der Waals surface area (Å²) in [5, 5.41) is 2.87. The van der Waals surface area contributed by atoms with Gasteiger partial charge in [0.25, 0.3) is 5.91 Å². The highest BCUT2D eigenvalue weighted by Gasteiger charge is 2.37. The number of hydrogen-bond acceptors (Lipinski definition) is 4. The molecule has 1 aromatic heterocycles. The second-order valence-electron chi connectivity index (χ2n) is 9.73. The molecule has 1 heterocycles. The molecule has 0 bridgehead atoms. The van der Waals surface area contributed by atoms with Crippen LogP contribution in [0, 0.1) is 5.92 Å². The van der Waals surface area contributed by atoms with Crippen LogP contribution in [-0.4, -0.2) is 30.4 Å². The Bertz CT molecular complexity index is 993. The lowest BCUT2D eigenvalue weighted by atomic mass is 9.91. The molecule has 0 saturated carbocycles. The number of aromatic nitrogens is 2. The average molecular weight is 440 g/mol. The lowest BCUT2D eigenvalue weighted by Gasteiger charge is -2.38. The van der Waals surface area contributed by atoms with Crippen molar-refractivity contribution >= 4 is 20.0 Å². The monoisotopic (exact) mass is 439 g/mol. The number of benzene rings is 1. The van der Waals surface area contributed by atoms with E-state index in [1.54, 1.807) is 41.1 Å². The Balaban J connectivity index is 1.65. The third-order valence-electron chi connectivity index (χ3n) is 6.35. The summed E-state index contributed by atoms with van der Waals surface area (Å²) in [6.45, 7) is 12.0. The van der Waals surface area contributed by atoms with Crippen LogP contribution in [0.3, 0.4) is 0 Å². The van der Waals surface area contributed by atoms with Crippen LogP contribution in [0.15, 0.2) is 59.5 Å². The van der Waals surface area contributed by atoms with E-state index in [4.69, 9.17) is 4.43 Å². The molecule has 1 N–H and O–H groups in total. The van der Waals surface area contributed by atoms with E-state index in [0.717, 1.165) is 12.8 Å².